The minimum absolute atomic E-state index is 0.690. The third-order valence-corrected chi connectivity index (χ3v) is 4.16. The molecule has 1 N–H and O–H groups in total. The van der Waals surface area contributed by atoms with E-state index in [1.807, 2.05) is 25.3 Å². The van der Waals surface area contributed by atoms with E-state index in [9.17, 15) is 4.21 Å². The van der Waals surface area contributed by atoms with Crippen molar-refractivity contribution in [3.63, 3.8) is 0 Å². The first-order chi connectivity index (χ1) is 8.81. The first kappa shape index (κ1) is 13.2. The van der Waals surface area contributed by atoms with Gasteiger partial charge in [-0.3, -0.25) is 9.19 Å². The van der Waals surface area contributed by atoms with Crippen LogP contribution in [0, 0.1) is 0 Å². The maximum Gasteiger partial charge on any atom is 0.0746 e. The van der Waals surface area contributed by atoms with Gasteiger partial charge < -0.3 is 5.32 Å². The van der Waals surface area contributed by atoms with Gasteiger partial charge in [-0.25, -0.2) is 0 Å². The van der Waals surface area contributed by atoms with Crippen molar-refractivity contribution < 1.29 is 4.21 Å². The Balaban J connectivity index is 1.97. The van der Waals surface area contributed by atoms with Gasteiger partial charge in [-0.2, -0.15) is 0 Å². The molecule has 0 fully saturated rings. The molecule has 0 amide bonds. The molecule has 2 rings (SSSR count). The minimum Gasteiger partial charge on any atom is -0.312 e. The summed E-state index contributed by atoms with van der Waals surface area (Å²) in [5.74, 6) is 1.45. The van der Waals surface area contributed by atoms with E-state index >= 15 is 0 Å². The molecular formula is C14H18N2OS. The molecule has 1 aromatic heterocycles. The van der Waals surface area contributed by atoms with E-state index in [4.69, 9.17) is 0 Å². The molecular weight excluding hydrogens is 244 g/mol. The maximum atomic E-state index is 11.3. The molecule has 0 radical (unpaired) electrons. The van der Waals surface area contributed by atoms with E-state index in [2.05, 4.69) is 28.5 Å². The van der Waals surface area contributed by atoms with E-state index in [0.717, 1.165) is 29.7 Å². The van der Waals surface area contributed by atoms with Crippen molar-refractivity contribution in [2.75, 3.05) is 18.1 Å². The Morgan fingerprint density at radius 2 is 2.11 bits per heavy atom. The van der Waals surface area contributed by atoms with Crippen molar-refractivity contribution in [3.8, 4) is 0 Å². The Kier molecular flexibility index (Phi) is 4.84. The zero-order chi connectivity index (χ0) is 12.8. The molecule has 0 bridgehead atoms. The third kappa shape index (κ3) is 3.37. The largest absolute Gasteiger partial charge is 0.312 e. The molecule has 1 heterocycles. The van der Waals surface area contributed by atoms with Gasteiger partial charge in [-0.05, 0) is 11.6 Å². The Bertz CT molecular complexity index is 537. The molecule has 18 heavy (non-hydrogen) atoms. The molecule has 1 atom stereocenters. The molecule has 96 valence electrons. The fourth-order valence-corrected chi connectivity index (χ4v) is 2.52. The summed E-state index contributed by atoms with van der Waals surface area (Å²) in [6, 6.07) is 10.2. The number of nitrogens with zero attached hydrogens (tertiary/aromatic N) is 1. The van der Waals surface area contributed by atoms with Crippen LogP contribution in [0.3, 0.4) is 0 Å². The summed E-state index contributed by atoms with van der Waals surface area (Å²) in [6.07, 6.45) is 1.82. The van der Waals surface area contributed by atoms with Gasteiger partial charge in [0.05, 0.1) is 5.52 Å². The summed E-state index contributed by atoms with van der Waals surface area (Å²) >= 11 is 0. The highest BCUT2D eigenvalue weighted by molar-refractivity contribution is 7.84. The number of hydrogen-bond donors (Lipinski definition) is 1. The van der Waals surface area contributed by atoms with Crippen molar-refractivity contribution in [2.24, 2.45) is 0 Å². The average Bonchev–Trinajstić information content (AvgIpc) is 2.43. The van der Waals surface area contributed by atoms with Gasteiger partial charge in [-0.15, -0.1) is 0 Å². The monoisotopic (exact) mass is 262 g/mol. The van der Waals surface area contributed by atoms with E-state index in [1.165, 1.54) is 5.56 Å². The van der Waals surface area contributed by atoms with E-state index in [-0.39, 0.29) is 0 Å². The molecule has 0 aliphatic carbocycles. The highest BCUT2D eigenvalue weighted by Crippen LogP contribution is 2.15. The van der Waals surface area contributed by atoms with Gasteiger partial charge in [0.15, 0.2) is 0 Å². The average molecular weight is 262 g/mol. The number of para-hydroxylation sites is 1. The normalized spacial score (nSPS) is 12.7. The molecule has 0 aliphatic heterocycles. The Labute approximate surface area is 110 Å². The molecule has 0 aliphatic rings. The summed E-state index contributed by atoms with van der Waals surface area (Å²) in [7, 11) is -0.690. The number of rotatable bonds is 6. The topological polar surface area (TPSA) is 42.0 Å². The zero-order valence-electron chi connectivity index (χ0n) is 10.6. The van der Waals surface area contributed by atoms with Crippen molar-refractivity contribution >= 4 is 21.7 Å². The van der Waals surface area contributed by atoms with Crippen LogP contribution in [0.1, 0.15) is 12.5 Å². The van der Waals surface area contributed by atoms with Crippen LogP contribution >= 0.6 is 0 Å². The fraction of sp³-hybridized carbons (Fsp3) is 0.357. The number of benzene rings is 1. The van der Waals surface area contributed by atoms with Gasteiger partial charge in [0.2, 0.25) is 0 Å². The number of hydrogen-bond acceptors (Lipinski definition) is 3. The first-order valence-electron chi connectivity index (χ1n) is 6.19. The van der Waals surface area contributed by atoms with Gasteiger partial charge in [0, 0.05) is 47.0 Å². The number of fused-ring (bicyclic) bond motifs is 1. The lowest BCUT2D eigenvalue weighted by Crippen LogP contribution is -2.20. The van der Waals surface area contributed by atoms with Crippen LogP contribution in [0.25, 0.3) is 10.9 Å². The SMILES string of the molecule is CCS(=O)CCNCc1cccc2cccnc12. The van der Waals surface area contributed by atoms with Gasteiger partial charge >= 0.3 is 0 Å². The number of aromatic nitrogens is 1. The lowest BCUT2D eigenvalue weighted by Gasteiger charge is -2.07. The molecule has 0 saturated heterocycles. The van der Waals surface area contributed by atoms with E-state index in [1.54, 1.807) is 0 Å². The lowest BCUT2D eigenvalue weighted by molar-refractivity contribution is 0.674. The fourth-order valence-electron chi connectivity index (χ4n) is 1.86. The first-order valence-corrected chi connectivity index (χ1v) is 7.68. The molecule has 4 heteroatoms. The highest BCUT2D eigenvalue weighted by atomic mass is 32.2. The second kappa shape index (κ2) is 6.61. The minimum atomic E-state index is -0.690. The number of pyridine rings is 1. The smallest absolute Gasteiger partial charge is 0.0746 e. The zero-order valence-corrected chi connectivity index (χ0v) is 11.4. The van der Waals surface area contributed by atoms with E-state index < -0.39 is 10.8 Å². The van der Waals surface area contributed by atoms with Crippen LogP contribution in [0.4, 0.5) is 0 Å². The quantitative estimate of drug-likeness (QED) is 0.811. The number of nitrogens with one attached hydrogen (secondary N) is 1. The Hall–Kier alpha value is -1.26. The molecule has 1 aromatic carbocycles. The van der Waals surface area contributed by atoms with Crippen LogP contribution < -0.4 is 5.32 Å². The summed E-state index contributed by atoms with van der Waals surface area (Å²) in [5, 5.41) is 4.49. The van der Waals surface area contributed by atoms with Crippen LogP contribution in [-0.4, -0.2) is 27.2 Å². The van der Waals surface area contributed by atoms with Gasteiger partial charge in [-0.1, -0.05) is 31.2 Å². The van der Waals surface area contributed by atoms with Gasteiger partial charge in [0.1, 0.15) is 0 Å². The van der Waals surface area contributed by atoms with Crippen LogP contribution in [-0.2, 0) is 17.3 Å². The van der Waals surface area contributed by atoms with E-state index in [0.29, 0.717) is 5.75 Å². The van der Waals surface area contributed by atoms with Crippen LogP contribution in [0.5, 0.6) is 0 Å². The van der Waals surface area contributed by atoms with Crippen molar-refractivity contribution in [2.45, 2.75) is 13.5 Å². The van der Waals surface area contributed by atoms with Crippen molar-refractivity contribution in [1.29, 1.82) is 0 Å². The second-order valence-corrected chi connectivity index (χ2v) is 5.97. The van der Waals surface area contributed by atoms with Crippen molar-refractivity contribution in [3.05, 3.63) is 42.1 Å². The predicted octanol–water partition coefficient (Wildman–Crippen LogP) is 2.09. The molecule has 3 nitrogen and oxygen atoms in total. The molecule has 0 saturated carbocycles. The summed E-state index contributed by atoms with van der Waals surface area (Å²) < 4.78 is 11.3. The Morgan fingerprint density at radius 3 is 2.94 bits per heavy atom. The standard InChI is InChI=1S/C14H18N2OS/c1-2-18(17)10-9-15-11-13-6-3-5-12-7-4-8-16-14(12)13/h3-8,15H,2,9-11H2,1H3. The van der Waals surface area contributed by atoms with Crippen LogP contribution in [0.2, 0.25) is 0 Å². The third-order valence-electron chi connectivity index (χ3n) is 2.86. The van der Waals surface area contributed by atoms with Crippen LogP contribution in [0.15, 0.2) is 36.5 Å². The highest BCUT2D eigenvalue weighted by Gasteiger charge is 2.01. The molecule has 1 unspecified atom stereocenters. The molecule has 2 aromatic rings. The van der Waals surface area contributed by atoms with Crippen molar-refractivity contribution in [1.82, 2.24) is 10.3 Å². The Morgan fingerprint density at radius 1 is 1.28 bits per heavy atom. The maximum absolute atomic E-state index is 11.3. The summed E-state index contributed by atoms with van der Waals surface area (Å²) in [4.78, 5) is 4.41. The summed E-state index contributed by atoms with van der Waals surface area (Å²) in [5.41, 5.74) is 2.24. The molecule has 0 spiro atoms. The van der Waals surface area contributed by atoms with Gasteiger partial charge in [0.25, 0.3) is 0 Å². The predicted molar refractivity (Wildman–Crippen MR) is 77.0 cm³/mol. The summed E-state index contributed by atoms with van der Waals surface area (Å²) in [6.45, 7) is 3.50. The second-order valence-electron chi connectivity index (χ2n) is 4.10. The lowest BCUT2D eigenvalue weighted by atomic mass is 10.1.